The van der Waals surface area contributed by atoms with E-state index in [0.29, 0.717) is 25.8 Å². The lowest BCUT2D eigenvalue weighted by Gasteiger charge is -2.12. The molecule has 1 heterocycles. The van der Waals surface area contributed by atoms with Gasteiger partial charge in [-0.15, -0.1) is 0 Å². The fraction of sp³-hybridized carbons (Fsp3) is 0.417. The van der Waals surface area contributed by atoms with Crippen LogP contribution in [0.4, 0.5) is 15.8 Å². The molecule has 0 radical (unpaired) electrons. The maximum absolute atomic E-state index is 13.4. The first-order valence-corrected chi connectivity index (χ1v) is 6.02. The van der Waals surface area contributed by atoms with Gasteiger partial charge in [0.25, 0.3) is 5.69 Å². The average Bonchev–Trinajstić information content (AvgIpc) is 2.89. The van der Waals surface area contributed by atoms with Crippen molar-refractivity contribution in [3.63, 3.8) is 0 Å². The zero-order valence-electron chi connectivity index (χ0n) is 10.5. The molecule has 8 heteroatoms. The third-order valence-corrected chi connectivity index (χ3v) is 3.12. The number of anilines is 1. The van der Waals surface area contributed by atoms with E-state index in [0.717, 1.165) is 12.5 Å². The number of nitrogens with zero attached hydrogens (tertiary/aromatic N) is 1. The number of rotatable bonds is 5. The number of hydrogen-bond donors (Lipinski definition) is 2. The van der Waals surface area contributed by atoms with Gasteiger partial charge in [-0.1, -0.05) is 0 Å². The molecule has 0 spiro atoms. The van der Waals surface area contributed by atoms with Crippen LogP contribution in [0.1, 0.15) is 16.8 Å². The van der Waals surface area contributed by atoms with Crippen LogP contribution in [-0.2, 0) is 4.74 Å². The quantitative estimate of drug-likeness (QED) is 0.632. The van der Waals surface area contributed by atoms with E-state index in [4.69, 9.17) is 9.84 Å². The maximum Gasteiger partial charge on any atom is 0.338 e. The predicted molar refractivity (Wildman–Crippen MR) is 67.4 cm³/mol. The Balaban J connectivity index is 2.25. The van der Waals surface area contributed by atoms with Crippen LogP contribution in [0, 0.1) is 21.8 Å². The number of ether oxygens (including phenoxy) is 1. The summed E-state index contributed by atoms with van der Waals surface area (Å²) in [4.78, 5) is 21.0. The largest absolute Gasteiger partial charge is 0.478 e. The molecule has 1 aromatic carbocycles. The van der Waals surface area contributed by atoms with Crippen molar-refractivity contribution >= 4 is 17.3 Å². The topological polar surface area (TPSA) is 102 Å². The summed E-state index contributed by atoms with van der Waals surface area (Å²) in [6, 6.07) is 1.57. The van der Waals surface area contributed by atoms with Gasteiger partial charge in [0.1, 0.15) is 11.5 Å². The number of carbonyl (C=O) groups is 1. The first-order chi connectivity index (χ1) is 9.49. The second-order valence-corrected chi connectivity index (χ2v) is 4.52. The summed E-state index contributed by atoms with van der Waals surface area (Å²) < 4.78 is 18.6. The summed E-state index contributed by atoms with van der Waals surface area (Å²) in [7, 11) is 0. The van der Waals surface area contributed by atoms with Crippen molar-refractivity contribution in [1.29, 1.82) is 0 Å². The Kier molecular flexibility index (Phi) is 4.14. The van der Waals surface area contributed by atoms with Gasteiger partial charge in [-0.3, -0.25) is 10.1 Å². The van der Waals surface area contributed by atoms with Gasteiger partial charge in [0.05, 0.1) is 23.2 Å². The van der Waals surface area contributed by atoms with E-state index in [2.05, 4.69) is 5.32 Å². The standard InChI is InChI=1S/C12H13FN2O5/c13-9-4-11(15(18)19)10(3-8(9)12(16)17)14-5-7-1-2-20-6-7/h3-4,7,14H,1-2,5-6H2,(H,16,17). The predicted octanol–water partition coefficient (Wildman–Crippen LogP) is 1.88. The smallest absolute Gasteiger partial charge is 0.338 e. The fourth-order valence-corrected chi connectivity index (χ4v) is 2.02. The second-order valence-electron chi connectivity index (χ2n) is 4.52. The molecule has 1 unspecified atom stereocenters. The van der Waals surface area contributed by atoms with Crippen LogP contribution in [0.3, 0.4) is 0 Å². The van der Waals surface area contributed by atoms with Gasteiger partial charge in [0.2, 0.25) is 0 Å². The Hall–Kier alpha value is -2.22. The molecule has 0 amide bonds. The van der Waals surface area contributed by atoms with Crippen LogP contribution in [0.25, 0.3) is 0 Å². The Bertz CT molecular complexity index is 543. The summed E-state index contributed by atoms with van der Waals surface area (Å²) >= 11 is 0. The first kappa shape index (κ1) is 14.2. The maximum atomic E-state index is 13.4. The van der Waals surface area contributed by atoms with E-state index >= 15 is 0 Å². The lowest BCUT2D eigenvalue weighted by atomic mass is 10.1. The molecular weight excluding hydrogens is 271 g/mol. The zero-order chi connectivity index (χ0) is 14.7. The van der Waals surface area contributed by atoms with Crippen molar-refractivity contribution < 1.29 is 24.0 Å². The van der Waals surface area contributed by atoms with E-state index in [-0.39, 0.29) is 11.6 Å². The summed E-state index contributed by atoms with van der Waals surface area (Å²) in [5.41, 5.74) is -1.08. The van der Waals surface area contributed by atoms with Gasteiger partial charge >= 0.3 is 5.97 Å². The summed E-state index contributed by atoms with van der Waals surface area (Å²) in [5.74, 6) is -2.39. The number of carboxylic acids is 1. The van der Waals surface area contributed by atoms with Gasteiger partial charge in [-0.05, 0) is 12.5 Å². The molecule has 1 atom stereocenters. The number of aromatic carboxylic acids is 1. The van der Waals surface area contributed by atoms with Crippen molar-refractivity contribution in [3.8, 4) is 0 Å². The highest BCUT2D eigenvalue weighted by atomic mass is 19.1. The van der Waals surface area contributed by atoms with Crippen molar-refractivity contribution in [1.82, 2.24) is 0 Å². The molecule has 2 N–H and O–H groups in total. The molecule has 1 saturated heterocycles. The van der Waals surface area contributed by atoms with Crippen LogP contribution in [0.2, 0.25) is 0 Å². The van der Waals surface area contributed by atoms with Gasteiger partial charge < -0.3 is 15.2 Å². The Morgan fingerprint density at radius 2 is 2.35 bits per heavy atom. The van der Waals surface area contributed by atoms with E-state index in [1.807, 2.05) is 0 Å². The van der Waals surface area contributed by atoms with Crippen molar-refractivity contribution in [2.75, 3.05) is 25.1 Å². The molecule has 1 aliphatic rings. The third-order valence-electron chi connectivity index (χ3n) is 3.12. The molecule has 0 aromatic heterocycles. The first-order valence-electron chi connectivity index (χ1n) is 6.02. The number of hydrogen-bond acceptors (Lipinski definition) is 5. The van der Waals surface area contributed by atoms with E-state index in [1.165, 1.54) is 0 Å². The summed E-state index contributed by atoms with van der Waals surface area (Å²) in [6.45, 7) is 1.59. The minimum atomic E-state index is -1.47. The number of nitrogens with one attached hydrogen (secondary N) is 1. The van der Waals surface area contributed by atoms with Crippen LogP contribution >= 0.6 is 0 Å². The number of halogens is 1. The van der Waals surface area contributed by atoms with E-state index in [9.17, 15) is 19.3 Å². The van der Waals surface area contributed by atoms with Gasteiger partial charge in [0.15, 0.2) is 0 Å². The minimum absolute atomic E-state index is 0.000648. The normalized spacial score (nSPS) is 17.9. The van der Waals surface area contributed by atoms with Crippen molar-refractivity contribution in [3.05, 3.63) is 33.6 Å². The number of benzene rings is 1. The van der Waals surface area contributed by atoms with Gasteiger partial charge in [-0.25, -0.2) is 9.18 Å². The zero-order valence-corrected chi connectivity index (χ0v) is 10.5. The molecule has 0 aliphatic carbocycles. The molecule has 0 saturated carbocycles. The van der Waals surface area contributed by atoms with E-state index in [1.54, 1.807) is 0 Å². The lowest BCUT2D eigenvalue weighted by molar-refractivity contribution is -0.384. The SMILES string of the molecule is O=C(O)c1cc(NCC2CCOC2)c([N+](=O)[O-])cc1F. The Labute approximate surface area is 113 Å². The average molecular weight is 284 g/mol. The monoisotopic (exact) mass is 284 g/mol. The van der Waals surface area contributed by atoms with Crippen LogP contribution < -0.4 is 5.32 Å². The van der Waals surface area contributed by atoms with Crippen LogP contribution in [0.5, 0.6) is 0 Å². The molecule has 108 valence electrons. The molecule has 1 fully saturated rings. The molecule has 20 heavy (non-hydrogen) atoms. The van der Waals surface area contributed by atoms with E-state index < -0.39 is 28.0 Å². The fourth-order valence-electron chi connectivity index (χ4n) is 2.02. The lowest BCUT2D eigenvalue weighted by Crippen LogP contribution is -2.15. The molecule has 7 nitrogen and oxygen atoms in total. The highest BCUT2D eigenvalue weighted by molar-refractivity contribution is 5.90. The highest BCUT2D eigenvalue weighted by Gasteiger charge is 2.23. The molecule has 2 rings (SSSR count). The minimum Gasteiger partial charge on any atom is -0.478 e. The van der Waals surface area contributed by atoms with Gasteiger partial charge in [0, 0.05) is 19.1 Å². The number of nitro benzene ring substituents is 1. The summed E-state index contributed by atoms with van der Waals surface area (Å²) in [6.07, 6.45) is 0.827. The van der Waals surface area contributed by atoms with Crippen LogP contribution in [0.15, 0.2) is 12.1 Å². The Morgan fingerprint density at radius 1 is 1.60 bits per heavy atom. The molecular formula is C12H13FN2O5. The van der Waals surface area contributed by atoms with Crippen molar-refractivity contribution in [2.24, 2.45) is 5.92 Å². The third kappa shape index (κ3) is 3.02. The molecule has 1 aromatic rings. The summed E-state index contributed by atoms with van der Waals surface area (Å²) in [5, 5.41) is 22.5. The number of carboxylic acid groups (broad SMARTS) is 1. The molecule has 0 bridgehead atoms. The Morgan fingerprint density at radius 3 is 2.90 bits per heavy atom. The second kappa shape index (κ2) is 5.83. The molecule has 1 aliphatic heterocycles. The highest BCUT2D eigenvalue weighted by Crippen LogP contribution is 2.28. The van der Waals surface area contributed by atoms with Crippen LogP contribution in [-0.4, -0.2) is 35.8 Å². The van der Waals surface area contributed by atoms with Crippen molar-refractivity contribution in [2.45, 2.75) is 6.42 Å². The van der Waals surface area contributed by atoms with Gasteiger partial charge in [-0.2, -0.15) is 0 Å². The number of nitro groups is 1.